The Kier molecular flexibility index (Phi) is 5.03. The first-order valence-corrected chi connectivity index (χ1v) is 8.11. The van der Waals surface area contributed by atoms with Crippen molar-refractivity contribution in [2.24, 2.45) is 0 Å². The summed E-state index contributed by atoms with van der Waals surface area (Å²) in [6.07, 6.45) is 2.69. The topological polar surface area (TPSA) is 62.0 Å². The number of anilines is 1. The van der Waals surface area contributed by atoms with E-state index in [1.807, 2.05) is 11.0 Å². The third-order valence-corrected chi connectivity index (χ3v) is 4.24. The lowest BCUT2D eigenvalue weighted by molar-refractivity contribution is 0.163. The van der Waals surface area contributed by atoms with E-state index in [2.05, 4.69) is 9.97 Å². The molecule has 3 rings (SSSR count). The van der Waals surface area contributed by atoms with Gasteiger partial charge < -0.3 is 9.64 Å². The lowest BCUT2D eigenvalue weighted by Gasteiger charge is -2.33. The number of nitrogens with zero attached hydrogens (tertiary/aromatic N) is 4. The van der Waals surface area contributed by atoms with Gasteiger partial charge in [-0.15, -0.1) is 0 Å². The van der Waals surface area contributed by atoms with Crippen LogP contribution in [0.25, 0.3) is 0 Å². The Bertz CT molecular complexity index is 788. The van der Waals surface area contributed by atoms with Crippen LogP contribution in [-0.2, 0) is 0 Å². The number of hydrogen-bond acceptors (Lipinski definition) is 5. The minimum absolute atomic E-state index is 0.0953. The SMILES string of the molecule is N#Cc1cnc(N2CCC(Oc3ccc(Cl)cc3F)CC2)c(Cl)n1. The maximum absolute atomic E-state index is 13.8. The van der Waals surface area contributed by atoms with Crippen molar-refractivity contribution in [2.45, 2.75) is 18.9 Å². The van der Waals surface area contributed by atoms with Crippen molar-refractivity contribution in [1.82, 2.24) is 9.97 Å². The summed E-state index contributed by atoms with van der Waals surface area (Å²) in [6.45, 7) is 1.31. The number of aromatic nitrogens is 2. The van der Waals surface area contributed by atoms with Crippen molar-refractivity contribution in [3.63, 3.8) is 0 Å². The minimum atomic E-state index is -0.467. The van der Waals surface area contributed by atoms with Crippen molar-refractivity contribution in [1.29, 1.82) is 5.26 Å². The molecule has 0 amide bonds. The Balaban J connectivity index is 1.62. The van der Waals surface area contributed by atoms with Crippen molar-refractivity contribution >= 4 is 29.0 Å². The molecule has 0 unspecified atom stereocenters. The van der Waals surface area contributed by atoms with E-state index in [1.54, 1.807) is 6.07 Å². The predicted octanol–water partition coefficient (Wildman–Crippen LogP) is 3.84. The fourth-order valence-electron chi connectivity index (χ4n) is 2.56. The number of hydrogen-bond donors (Lipinski definition) is 0. The highest BCUT2D eigenvalue weighted by Crippen LogP contribution is 2.28. The molecule has 1 aromatic heterocycles. The molecule has 24 heavy (non-hydrogen) atoms. The first-order valence-electron chi connectivity index (χ1n) is 7.36. The van der Waals surface area contributed by atoms with Gasteiger partial charge in [0, 0.05) is 31.0 Å². The van der Waals surface area contributed by atoms with Gasteiger partial charge in [0.25, 0.3) is 0 Å². The molecule has 1 fully saturated rings. The Morgan fingerprint density at radius 2 is 2.04 bits per heavy atom. The second-order valence-corrected chi connectivity index (χ2v) is 6.15. The van der Waals surface area contributed by atoms with Gasteiger partial charge in [0.05, 0.1) is 6.20 Å². The highest BCUT2D eigenvalue weighted by Gasteiger charge is 2.24. The van der Waals surface area contributed by atoms with E-state index in [9.17, 15) is 4.39 Å². The second kappa shape index (κ2) is 7.20. The zero-order chi connectivity index (χ0) is 17.1. The van der Waals surface area contributed by atoms with Crippen molar-refractivity contribution in [2.75, 3.05) is 18.0 Å². The maximum Gasteiger partial charge on any atom is 0.173 e. The monoisotopic (exact) mass is 366 g/mol. The van der Waals surface area contributed by atoms with Gasteiger partial charge >= 0.3 is 0 Å². The summed E-state index contributed by atoms with van der Waals surface area (Å²) < 4.78 is 19.5. The van der Waals surface area contributed by atoms with Crippen LogP contribution in [0.3, 0.4) is 0 Å². The molecule has 1 saturated heterocycles. The van der Waals surface area contributed by atoms with Gasteiger partial charge in [-0.05, 0) is 18.2 Å². The molecule has 0 N–H and O–H groups in total. The molecule has 2 aromatic rings. The van der Waals surface area contributed by atoms with Crippen molar-refractivity contribution < 1.29 is 9.13 Å². The third kappa shape index (κ3) is 3.69. The van der Waals surface area contributed by atoms with E-state index in [0.717, 1.165) is 0 Å². The molecule has 2 heterocycles. The van der Waals surface area contributed by atoms with Gasteiger partial charge in [-0.1, -0.05) is 23.2 Å². The van der Waals surface area contributed by atoms with Crippen LogP contribution < -0.4 is 9.64 Å². The number of rotatable bonds is 3. The van der Waals surface area contributed by atoms with Gasteiger partial charge in [0.15, 0.2) is 28.2 Å². The zero-order valence-electron chi connectivity index (χ0n) is 12.5. The number of nitriles is 1. The smallest absolute Gasteiger partial charge is 0.173 e. The normalized spacial score (nSPS) is 15.2. The number of piperidine rings is 1. The van der Waals surface area contributed by atoms with Gasteiger partial charge in [0.2, 0.25) is 0 Å². The molecule has 0 atom stereocenters. The molecule has 8 heteroatoms. The molecule has 5 nitrogen and oxygen atoms in total. The van der Waals surface area contributed by atoms with Crippen LogP contribution in [0.4, 0.5) is 10.2 Å². The first kappa shape index (κ1) is 16.7. The number of ether oxygens (including phenoxy) is 1. The van der Waals surface area contributed by atoms with E-state index in [1.165, 1.54) is 18.3 Å². The average Bonchev–Trinajstić information content (AvgIpc) is 2.58. The zero-order valence-corrected chi connectivity index (χ0v) is 14.1. The molecule has 1 aromatic carbocycles. The van der Waals surface area contributed by atoms with E-state index in [4.69, 9.17) is 33.2 Å². The van der Waals surface area contributed by atoms with Crippen LogP contribution in [0, 0.1) is 17.1 Å². The average molecular weight is 367 g/mol. The Morgan fingerprint density at radius 1 is 1.29 bits per heavy atom. The predicted molar refractivity (Wildman–Crippen MR) is 89.0 cm³/mol. The van der Waals surface area contributed by atoms with Crippen LogP contribution in [-0.4, -0.2) is 29.2 Å². The van der Waals surface area contributed by atoms with Crippen molar-refractivity contribution in [3.05, 3.63) is 46.1 Å². The van der Waals surface area contributed by atoms with Gasteiger partial charge in [-0.25, -0.2) is 14.4 Å². The molecule has 1 aliphatic rings. The number of halogens is 3. The quantitative estimate of drug-likeness (QED) is 0.825. The summed E-state index contributed by atoms with van der Waals surface area (Å²) in [6, 6.07) is 6.27. The standard InChI is InChI=1S/C16H13Cl2FN4O/c17-10-1-2-14(13(19)7-10)24-12-3-5-23(6-4-12)16-15(18)22-11(8-20)9-21-16/h1-2,7,9,12H,3-6H2. The molecule has 0 radical (unpaired) electrons. The molecule has 124 valence electrons. The van der Waals surface area contributed by atoms with E-state index in [0.29, 0.717) is 36.8 Å². The Hall–Kier alpha value is -2.10. The number of benzene rings is 1. The van der Waals surface area contributed by atoms with E-state index >= 15 is 0 Å². The highest BCUT2D eigenvalue weighted by molar-refractivity contribution is 6.31. The van der Waals surface area contributed by atoms with E-state index in [-0.39, 0.29) is 22.7 Å². The minimum Gasteiger partial charge on any atom is -0.487 e. The first-order chi connectivity index (χ1) is 11.6. The molecular formula is C16H13Cl2FN4O. The van der Waals surface area contributed by atoms with Gasteiger partial charge in [-0.3, -0.25) is 0 Å². The summed E-state index contributed by atoms with van der Waals surface area (Å²) in [4.78, 5) is 10.2. The fourth-order valence-corrected chi connectivity index (χ4v) is 2.98. The molecule has 0 bridgehead atoms. The molecule has 0 spiro atoms. The Labute approximate surface area is 148 Å². The lowest BCUT2D eigenvalue weighted by Crippen LogP contribution is -2.39. The van der Waals surface area contributed by atoms with Gasteiger partial charge in [0.1, 0.15) is 12.2 Å². The molecule has 0 aliphatic carbocycles. The van der Waals surface area contributed by atoms with Crippen LogP contribution in [0.5, 0.6) is 5.75 Å². The summed E-state index contributed by atoms with van der Waals surface area (Å²) in [7, 11) is 0. The maximum atomic E-state index is 13.8. The fraction of sp³-hybridized carbons (Fsp3) is 0.312. The Morgan fingerprint density at radius 3 is 2.67 bits per heavy atom. The molecule has 1 aliphatic heterocycles. The van der Waals surface area contributed by atoms with Crippen LogP contribution in [0.2, 0.25) is 10.2 Å². The van der Waals surface area contributed by atoms with Crippen LogP contribution in [0.1, 0.15) is 18.5 Å². The summed E-state index contributed by atoms with van der Waals surface area (Å²) in [5, 5.41) is 9.34. The van der Waals surface area contributed by atoms with Crippen LogP contribution >= 0.6 is 23.2 Å². The summed E-state index contributed by atoms with van der Waals surface area (Å²) in [5.41, 5.74) is 0.181. The van der Waals surface area contributed by atoms with Crippen molar-refractivity contribution in [3.8, 4) is 11.8 Å². The summed E-state index contributed by atoms with van der Waals surface area (Å²) >= 11 is 11.8. The lowest BCUT2D eigenvalue weighted by atomic mass is 10.1. The van der Waals surface area contributed by atoms with Gasteiger partial charge in [-0.2, -0.15) is 5.26 Å². The second-order valence-electron chi connectivity index (χ2n) is 5.36. The molecular weight excluding hydrogens is 354 g/mol. The van der Waals surface area contributed by atoms with E-state index < -0.39 is 5.82 Å². The molecule has 0 saturated carbocycles. The third-order valence-electron chi connectivity index (χ3n) is 3.76. The summed E-state index contributed by atoms with van der Waals surface area (Å²) in [5.74, 6) is 0.284. The highest BCUT2D eigenvalue weighted by atomic mass is 35.5. The van der Waals surface area contributed by atoms with Crippen LogP contribution in [0.15, 0.2) is 24.4 Å². The largest absolute Gasteiger partial charge is 0.487 e.